The first-order valence-corrected chi connectivity index (χ1v) is 8.58. The fourth-order valence-electron chi connectivity index (χ4n) is 2.71. The zero-order valence-corrected chi connectivity index (χ0v) is 15.3. The Bertz CT molecular complexity index is 919. The highest BCUT2D eigenvalue weighted by molar-refractivity contribution is 6.31. The average molecular weight is 371 g/mol. The molecule has 26 heavy (non-hydrogen) atoms. The predicted octanol–water partition coefficient (Wildman–Crippen LogP) is 4.73. The van der Waals surface area contributed by atoms with Crippen LogP contribution in [0.2, 0.25) is 5.02 Å². The minimum absolute atomic E-state index is 0.0594. The van der Waals surface area contributed by atoms with E-state index < -0.39 is 6.10 Å². The van der Waals surface area contributed by atoms with Crippen LogP contribution in [0.15, 0.2) is 53.1 Å². The maximum Gasteiger partial charge on any atom is 0.311 e. The van der Waals surface area contributed by atoms with Gasteiger partial charge in [-0.05, 0) is 44.2 Å². The monoisotopic (exact) mass is 370 g/mol. The van der Waals surface area contributed by atoms with Gasteiger partial charge in [-0.3, -0.25) is 4.79 Å². The average Bonchev–Trinajstić information content (AvgIpc) is 2.96. The lowest BCUT2D eigenvalue weighted by molar-refractivity contribution is -0.147. The summed E-state index contributed by atoms with van der Waals surface area (Å²) >= 11 is 6.16. The molecule has 0 aliphatic heterocycles. The first-order chi connectivity index (χ1) is 12.5. The van der Waals surface area contributed by atoms with Crippen molar-refractivity contribution in [1.82, 2.24) is 5.16 Å². The number of hydrogen-bond donors (Lipinski definition) is 1. The molecule has 2 aromatic carbocycles. The Kier molecular flexibility index (Phi) is 5.28. The number of halogens is 1. The van der Waals surface area contributed by atoms with Crippen LogP contribution in [0.3, 0.4) is 0 Å². The Hall–Kier alpha value is -2.79. The fourth-order valence-corrected chi connectivity index (χ4v) is 3.00. The van der Waals surface area contributed by atoms with Crippen LogP contribution in [0.4, 0.5) is 5.69 Å². The lowest BCUT2D eigenvalue weighted by atomic mass is 10.0. The molecule has 5 nitrogen and oxygen atoms in total. The number of rotatable bonds is 5. The Morgan fingerprint density at radius 3 is 2.62 bits per heavy atom. The zero-order chi connectivity index (χ0) is 18.7. The van der Waals surface area contributed by atoms with E-state index in [2.05, 4.69) is 5.16 Å². The number of carbonyl (C=O) groups is 1. The number of anilines is 1. The van der Waals surface area contributed by atoms with E-state index in [0.29, 0.717) is 27.7 Å². The number of hydrogen-bond acceptors (Lipinski definition) is 5. The molecule has 134 valence electrons. The Morgan fingerprint density at radius 2 is 1.92 bits per heavy atom. The summed E-state index contributed by atoms with van der Waals surface area (Å²) in [5.74, 6) is 0.172. The Morgan fingerprint density at radius 1 is 1.23 bits per heavy atom. The summed E-state index contributed by atoms with van der Waals surface area (Å²) in [6.07, 6.45) is -0.388. The number of nitrogens with zero attached hydrogens (tertiary/aromatic N) is 1. The summed E-state index contributed by atoms with van der Waals surface area (Å²) in [6.45, 7) is 3.59. The number of aromatic nitrogens is 1. The van der Waals surface area contributed by atoms with Crippen molar-refractivity contribution in [2.45, 2.75) is 26.4 Å². The Labute approximate surface area is 156 Å². The van der Waals surface area contributed by atoms with E-state index in [0.717, 1.165) is 11.1 Å². The van der Waals surface area contributed by atoms with Gasteiger partial charge in [-0.1, -0.05) is 35.0 Å². The molecule has 0 aliphatic rings. The number of benzene rings is 2. The summed E-state index contributed by atoms with van der Waals surface area (Å²) in [6, 6.07) is 14.5. The number of ether oxygens (including phenoxy) is 1. The van der Waals surface area contributed by atoms with Crippen molar-refractivity contribution in [3.8, 4) is 11.3 Å². The highest BCUT2D eigenvalue weighted by atomic mass is 35.5. The van der Waals surface area contributed by atoms with Gasteiger partial charge in [0.25, 0.3) is 0 Å². The molecule has 2 N–H and O–H groups in total. The van der Waals surface area contributed by atoms with E-state index >= 15 is 0 Å². The smallest absolute Gasteiger partial charge is 0.311 e. The number of esters is 1. The van der Waals surface area contributed by atoms with E-state index in [1.807, 2.05) is 30.3 Å². The minimum Gasteiger partial charge on any atom is -0.457 e. The summed E-state index contributed by atoms with van der Waals surface area (Å²) in [7, 11) is 0. The van der Waals surface area contributed by atoms with Gasteiger partial charge < -0.3 is 15.0 Å². The van der Waals surface area contributed by atoms with Gasteiger partial charge >= 0.3 is 5.97 Å². The molecule has 6 heteroatoms. The molecule has 3 rings (SSSR count). The van der Waals surface area contributed by atoms with Crippen LogP contribution in [-0.4, -0.2) is 11.1 Å². The third-order valence-electron chi connectivity index (χ3n) is 4.13. The van der Waals surface area contributed by atoms with Crippen LogP contribution in [0, 0.1) is 6.92 Å². The Balaban J connectivity index is 1.77. The molecule has 0 amide bonds. The van der Waals surface area contributed by atoms with Crippen molar-refractivity contribution >= 4 is 23.3 Å². The van der Waals surface area contributed by atoms with Crippen molar-refractivity contribution in [3.05, 3.63) is 70.4 Å². The second kappa shape index (κ2) is 7.62. The summed E-state index contributed by atoms with van der Waals surface area (Å²) < 4.78 is 11.0. The van der Waals surface area contributed by atoms with Crippen LogP contribution in [0.1, 0.15) is 29.8 Å². The summed E-state index contributed by atoms with van der Waals surface area (Å²) in [5.41, 5.74) is 9.30. The number of nitrogen functional groups attached to an aromatic ring is 1. The molecule has 1 atom stereocenters. The molecule has 0 spiro atoms. The molecule has 0 saturated heterocycles. The van der Waals surface area contributed by atoms with Gasteiger partial charge in [0.15, 0.2) is 5.76 Å². The van der Waals surface area contributed by atoms with Crippen molar-refractivity contribution < 1.29 is 14.1 Å². The predicted molar refractivity (Wildman–Crippen MR) is 101 cm³/mol. The van der Waals surface area contributed by atoms with Crippen molar-refractivity contribution in [2.75, 3.05) is 5.73 Å². The number of nitrogens with two attached hydrogens (primary N) is 1. The quantitative estimate of drug-likeness (QED) is 0.518. The molecular formula is C20H19ClN2O3. The third kappa shape index (κ3) is 3.89. The fraction of sp³-hybridized carbons (Fsp3) is 0.200. The normalized spacial score (nSPS) is 12.0. The molecule has 3 aromatic rings. The highest BCUT2D eigenvalue weighted by Crippen LogP contribution is 2.29. The third-order valence-corrected chi connectivity index (χ3v) is 4.47. The zero-order valence-electron chi connectivity index (χ0n) is 14.5. The standard InChI is InChI=1S/C20H19ClN2O3/c1-12-17(20(26-23-12)14-7-9-15(22)10-8-14)11-19(24)25-13(2)16-5-3-4-6-18(16)21/h3-10,13H,11,22H2,1-2H3. The first kappa shape index (κ1) is 18.0. The second-order valence-corrected chi connectivity index (χ2v) is 6.44. The molecule has 1 aromatic heterocycles. The SMILES string of the molecule is Cc1noc(-c2ccc(N)cc2)c1CC(=O)OC(C)c1ccccc1Cl. The summed E-state index contributed by atoms with van der Waals surface area (Å²) in [5, 5.41) is 4.55. The molecule has 0 bridgehead atoms. The minimum atomic E-state index is -0.448. The molecule has 0 fully saturated rings. The van der Waals surface area contributed by atoms with E-state index in [1.165, 1.54) is 0 Å². The second-order valence-electron chi connectivity index (χ2n) is 6.03. The molecule has 0 radical (unpaired) electrons. The van der Waals surface area contributed by atoms with Gasteiger partial charge in [0.2, 0.25) is 0 Å². The van der Waals surface area contributed by atoms with E-state index in [9.17, 15) is 4.79 Å². The van der Waals surface area contributed by atoms with E-state index in [4.69, 9.17) is 26.6 Å². The maximum absolute atomic E-state index is 12.4. The topological polar surface area (TPSA) is 78.4 Å². The van der Waals surface area contributed by atoms with Gasteiger partial charge in [0.1, 0.15) is 6.10 Å². The molecule has 1 heterocycles. The van der Waals surface area contributed by atoms with Crippen LogP contribution in [0.5, 0.6) is 0 Å². The first-order valence-electron chi connectivity index (χ1n) is 8.20. The van der Waals surface area contributed by atoms with Gasteiger partial charge in [-0.25, -0.2) is 0 Å². The highest BCUT2D eigenvalue weighted by Gasteiger charge is 2.21. The van der Waals surface area contributed by atoms with Crippen LogP contribution in [-0.2, 0) is 16.0 Å². The van der Waals surface area contributed by atoms with Gasteiger partial charge in [-0.15, -0.1) is 0 Å². The van der Waals surface area contributed by atoms with E-state index in [-0.39, 0.29) is 12.4 Å². The number of carbonyl (C=O) groups excluding carboxylic acids is 1. The van der Waals surface area contributed by atoms with Crippen molar-refractivity contribution in [2.24, 2.45) is 0 Å². The molecular weight excluding hydrogens is 352 g/mol. The van der Waals surface area contributed by atoms with Gasteiger partial charge in [-0.2, -0.15) is 0 Å². The lowest BCUT2D eigenvalue weighted by Gasteiger charge is -2.15. The van der Waals surface area contributed by atoms with E-state index in [1.54, 1.807) is 32.0 Å². The van der Waals surface area contributed by atoms with Crippen LogP contribution < -0.4 is 5.73 Å². The van der Waals surface area contributed by atoms with Crippen LogP contribution >= 0.6 is 11.6 Å². The lowest BCUT2D eigenvalue weighted by Crippen LogP contribution is -2.12. The van der Waals surface area contributed by atoms with Gasteiger partial charge in [0.05, 0.1) is 12.1 Å². The molecule has 1 unspecified atom stereocenters. The number of aryl methyl sites for hydroxylation is 1. The molecule has 0 saturated carbocycles. The molecule has 0 aliphatic carbocycles. The van der Waals surface area contributed by atoms with Crippen molar-refractivity contribution in [1.29, 1.82) is 0 Å². The van der Waals surface area contributed by atoms with Crippen molar-refractivity contribution in [3.63, 3.8) is 0 Å². The maximum atomic E-state index is 12.4. The summed E-state index contributed by atoms with van der Waals surface area (Å²) in [4.78, 5) is 12.4. The largest absolute Gasteiger partial charge is 0.457 e. The van der Waals surface area contributed by atoms with Gasteiger partial charge in [0, 0.05) is 27.4 Å². The van der Waals surface area contributed by atoms with Crippen LogP contribution in [0.25, 0.3) is 11.3 Å².